The van der Waals surface area contributed by atoms with E-state index in [0.717, 1.165) is 22.2 Å². The Morgan fingerprint density at radius 2 is 1.96 bits per heavy atom. The highest BCUT2D eigenvalue weighted by atomic mass is 16.4. The Hall–Kier alpha value is -2.69. The van der Waals surface area contributed by atoms with Gasteiger partial charge >= 0.3 is 5.97 Å². The number of hydrogen-bond acceptors (Lipinski definition) is 3. The third-order valence-corrected chi connectivity index (χ3v) is 4.42. The van der Waals surface area contributed by atoms with Gasteiger partial charge in [0.15, 0.2) is 5.65 Å². The van der Waals surface area contributed by atoms with Gasteiger partial charge in [-0.2, -0.15) is 0 Å². The van der Waals surface area contributed by atoms with Crippen molar-refractivity contribution in [2.45, 2.75) is 40.2 Å². The van der Waals surface area contributed by atoms with Crippen molar-refractivity contribution < 1.29 is 9.90 Å². The molecule has 1 unspecified atom stereocenters. The summed E-state index contributed by atoms with van der Waals surface area (Å²) in [7, 11) is 0. The van der Waals surface area contributed by atoms with Crippen LogP contribution >= 0.6 is 0 Å². The molecule has 124 valence electrons. The fraction of sp³-hybridized carbons (Fsp3) is 0.316. The number of aryl methyl sites for hydroxylation is 3. The van der Waals surface area contributed by atoms with E-state index in [1.54, 1.807) is 10.8 Å². The van der Waals surface area contributed by atoms with Crippen LogP contribution in [-0.2, 0) is 4.79 Å². The molecule has 24 heavy (non-hydrogen) atoms. The minimum absolute atomic E-state index is 0.466. The largest absolute Gasteiger partial charge is 0.480 e. The Labute approximate surface area is 141 Å². The minimum Gasteiger partial charge on any atom is -0.480 e. The second kappa shape index (κ2) is 6.07. The van der Waals surface area contributed by atoms with Crippen LogP contribution in [0.2, 0.25) is 0 Å². The lowest BCUT2D eigenvalue weighted by molar-refractivity contribution is -0.140. The Morgan fingerprint density at radius 1 is 1.21 bits per heavy atom. The van der Waals surface area contributed by atoms with Crippen molar-refractivity contribution in [3.63, 3.8) is 0 Å². The molecule has 3 aromatic rings. The van der Waals surface area contributed by atoms with E-state index in [1.807, 2.05) is 39.0 Å². The van der Waals surface area contributed by atoms with Gasteiger partial charge < -0.3 is 5.11 Å². The SMILES string of the molecule is CCC(C(=O)O)n1c(-c2ccc(C)c(C)c2)nc2cc(C)cnc21. The molecular weight excluding hydrogens is 302 g/mol. The standard InChI is InChI=1S/C19H21N3O2/c1-5-16(19(23)24)22-17(14-7-6-12(3)13(4)9-14)21-15-8-11(2)10-20-18(15)22/h6-10,16H,5H2,1-4H3,(H,23,24). The Morgan fingerprint density at radius 3 is 2.58 bits per heavy atom. The average Bonchev–Trinajstić information content (AvgIpc) is 2.89. The Balaban J connectivity index is 2.33. The normalized spacial score (nSPS) is 12.5. The predicted molar refractivity (Wildman–Crippen MR) is 94.1 cm³/mol. The van der Waals surface area contributed by atoms with Crippen LogP contribution in [0, 0.1) is 20.8 Å². The van der Waals surface area contributed by atoms with E-state index >= 15 is 0 Å². The van der Waals surface area contributed by atoms with Gasteiger partial charge in [-0.05, 0) is 56.0 Å². The molecule has 2 aromatic heterocycles. The van der Waals surface area contributed by atoms with Gasteiger partial charge in [-0.25, -0.2) is 14.8 Å². The molecule has 0 bridgehead atoms. The summed E-state index contributed by atoms with van der Waals surface area (Å²) in [5.74, 6) is -0.218. The second-order valence-corrected chi connectivity index (χ2v) is 6.22. The number of fused-ring (bicyclic) bond motifs is 1. The maximum atomic E-state index is 11.8. The molecule has 5 nitrogen and oxygen atoms in total. The lowest BCUT2D eigenvalue weighted by Crippen LogP contribution is -2.19. The summed E-state index contributed by atoms with van der Waals surface area (Å²) in [6, 6.07) is 7.32. The maximum absolute atomic E-state index is 11.8. The van der Waals surface area contributed by atoms with Crippen LogP contribution in [0.3, 0.4) is 0 Å². The summed E-state index contributed by atoms with van der Waals surface area (Å²) in [5, 5.41) is 9.65. The third-order valence-electron chi connectivity index (χ3n) is 4.42. The molecule has 0 amide bonds. The molecule has 0 saturated carbocycles. The van der Waals surface area contributed by atoms with E-state index in [2.05, 4.69) is 18.0 Å². The first-order valence-corrected chi connectivity index (χ1v) is 8.07. The number of benzene rings is 1. The lowest BCUT2D eigenvalue weighted by Gasteiger charge is -2.16. The summed E-state index contributed by atoms with van der Waals surface area (Å²) in [4.78, 5) is 20.9. The minimum atomic E-state index is -0.871. The van der Waals surface area contributed by atoms with Gasteiger partial charge in [-0.3, -0.25) is 4.57 Å². The van der Waals surface area contributed by atoms with Gasteiger partial charge in [-0.15, -0.1) is 0 Å². The molecule has 0 saturated heterocycles. The number of rotatable bonds is 4. The van der Waals surface area contributed by atoms with E-state index in [9.17, 15) is 9.90 Å². The average molecular weight is 323 g/mol. The van der Waals surface area contributed by atoms with Crippen molar-refractivity contribution in [1.82, 2.24) is 14.5 Å². The molecule has 0 aliphatic carbocycles. The summed E-state index contributed by atoms with van der Waals surface area (Å²) < 4.78 is 1.75. The monoisotopic (exact) mass is 323 g/mol. The first-order valence-electron chi connectivity index (χ1n) is 8.07. The highest BCUT2D eigenvalue weighted by Gasteiger charge is 2.25. The number of carboxylic acids is 1. The third kappa shape index (κ3) is 2.66. The molecule has 1 atom stereocenters. The van der Waals surface area contributed by atoms with E-state index in [1.165, 1.54) is 5.56 Å². The fourth-order valence-corrected chi connectivity index (χ4v) is 2.93. The highest BCUT2D eigenvalue weighted by Crippen LogP contribution is 2.30. The number of pyridine rings is 1. The molecule has 0 aliphatic heterocycles. The number of carbonyl (C=O) groups is 1. The first kappa shape index (κ1) is 16.2. The topological polar surface area (TPSA) is 68.0 Å². The van der Waals surface area contributed by atoms with Crippen molar-refractivity contribution >= 4 is 17.1 Å². The van der Waals surface area contributed by atoms with Crippen molar-refractivity contribution in [2.75, 3.05) is 0 Å². The summed E-state index contributed by atoms with van der Waals surface area (Å²) in [6.07, 6.45) is 2.22. The highest BCUT2D eigenvalue weighted by molar-refractivity contribution is 5.82. The second-order valence-electron chi connectivity index (χ2n) is 6.22. The van der Waals surface area contributed by atoms with Crippen molar-refractivity contribution in [3.05, 3.63) is 47.2 Å². The number of aromatic nitrogens is 3. The number of imidazole rings is 1. The van der Waals surface area contributed by atoms with Crippen LogP contribution in [0.5, 0.6) is 0 Å². The fourth-order valence-electron chi connectivity index (χ4n) is 2.93. The van der Waals surface area contributed by atoms with Crippen LogP contribution in [0.4, 0.5) is 0 Å². The molecular formula is C19H21N3O2. The zero-order valence-corrected chi connectivity index (χ0v) is 14.4. The van der Waals surface area contributed by atoms with Crippen molar-refractivity contribution in [1.29, 1.82) is 0 Å². The quantitative estimate of drug-likeness (QED) is 0.786. The van der Waals surface area contributed by atoms with E-state index < -0.39 is 12.0 Å². The molecule has 2 heterocycles. The van der Waals surface area contributed by atoms with Crippen LogP contribution in [0.15, 0.2) is 30.5 Å². The summed E-state index contributed by atoms with van der Waals surface area (Å²) in [5.41, 5.74) is 5.60. The summed E-state index contributed by atoms with van der Waals surface area (Å²) in [6.45, 7) is 7.92. The van der Waals surface area contributed by atoms with Crippen LogP contribution in [0.25, 0.3) is 22.6 Å². The smallest absolute Gasteiger partial charge is 0.326 e. The molecule has 5 heteroatoms. The molecule has 0 fully saturated rings. The van der Waals surface area contributed by atoms with Crippen molar-refractivity contribution in [2.24, 2.45) is 0 Å². The lowest BCUT2D eigenvalue weighted by atomic mass is 10.1. The number of hydrogen-bond donors (Lipinski definition) is 1. The van der Waals surface area contributed by atoms with Crippen LogP contribution in [-0.4, -0.2) is 25.6 Å². The Bertz CT molecular complexity index is 928. The van der Waals surface area contributed by atoms with Crippen LogP contribution < -0.4 is 0 Å². The first-order chi connectivity index (χ1) is 11.4. The number of carboxylic acid groups (broad SMARTS) is 1. The van der Waals surface area contributed by atoms with Crippen LogP contribution in [0.1, 0.15) is 36.1 Å². The zero-order valence-electron chi connectivity index (χ0n) is 14.4. The molecule has 0 spiro atoms. The zero-order chi connectivity index (χ0) is 17.4. The van der Waals surface area contributed by atoms with Gasteiger partial charge in [-0.1, -0.05) is 19.1 Å². The molecule has 1 aromatic carbocycles. The van der Waals surface area contributed by atoms with Crippen molar-refractivity contribution in [3.8, 4) is 11.4 Å². The number of nitrogens with zero attached hydrogens (tertiary/aromatic N) is 3. The van der Waals surface area contributed by atoms with Gasteiger partial charge in [0.25, 0.3) is 0 Å². The molecule has 1 N–H and O–H groups in total. The predicted octanol–water partition coefficient (Wildman–Crippen LogP) is 4.06. The van der Waals surface area contributed by atoms with Gasteiger partial charge in [0, 0.05) is 11.8 Å². The van der Waals surface area contributed by atoms with E-state index in [-0.39, 0.29) is 0 Å². The summed E-state index contributed by atoms with van der Waals surface area (Å²) >= 11 is 0. The molecule has 0 aliphatic rings. The number of aliphatic carboxylic acids is 1. The van der Waals surface area contributed by atoms with E-state index in [4.69, 9.17) is 4.98 Å². The van der Waals surface area contributed by atoms with Gasteiger partial charge in [0.05, 0.1) is 0 Å². The Kier molecular flexibility index (Phi) is 4.09. The molecule has 0 radical (unpaired) electrons. The van der Waals surface area contributed by atoms with Gasteiger partial charge in [0.1, 0.15) is 17.4 Å². The van der Waals surface area contributed by atoms with E-state index in [0.29, 0.717) is 17.9 Å². The molecule has 3 rings (SSSR count). The maximum Gasteiger partial charge on any atom is 0.326 e. The van der Waals surface area contributed by atoms with Gasteiger partial charge in [0.2, 0.25) is 0 Å².